The molecule has 3 aromatic rings. The van der Waals surface area contributed by atoms with E-state index in [-0.39, 0.29) is 0 Å². The molecule has 0 amide bonds. The van der Waals surface area contributed by atoms with Crippen molar-refractivity contribution in [2.75, 3.05) is 0 Å². The summed E-state index contributed by atoms with van der Waals surface area (Å²) >= 11 is 2.50. The van der Waals surface area contributed by atoms with Gasteiger partial charge in [-0.05, 0) is 34.4 Å². The van der Waals surface area contributed by atoms with Crippen LogP contribution in [0.15, 0.2) is 54.6 Å². The van der Waals surface area contributed by atoms with Gasteiger partial charge in [-0.2, -0.15) is 8.42 Å². The standard InChI is InChI=1S/C14H9BrO3S/c15-19(16,17)18-14-7-3-6-12-8-10-4-1-2-5-11(10)9-13(12)14/h1-9H. The molecule has 5 heteroatoms. The van der Waals surface area contributed by atoms with E-state index >= 15 is 0 Å². The Morgan fingerprint density at radius 2 is 1.47 bits per heavy atom. The van der Waals surface area contributed by atoms with E-state index in [0.29, 0.717) is 5.75 Å². The highest BCUT2D eigenvalue weighted by Crippen LogP contribution is 2.31. The van der Waals surface area contributed by atoms with Crippen LogP contribution in [0.25, 0.3) is 21.5 Å². The molecule has 19 heavy (non-hydrogen) atoms. The molecule has 96 valence electrons. The van der Waals surface area contributed by atoms with Gasteiger partial charge in [-0.1, -0.05) is 36.4 Å². The van der Waals surface area contributed by atoms with Gasteiger partial charge in [0.05, 0.1) is 0 Å². The molecule has 0 aliphatic rings. The lowest BCUT2D eigenvalue weighted by molar-refractivity contribution is 0.509. The molecule has 0 aromatic heterocycles. The number of rotatable bonds is 2. The van der Waals surface area contributed by atoms with Gasteiger partial charge >= 0.3 is 8.55 Å². The van der Waals surface area contributed by atoms with Crippen LogP contribution in [0.3, 0.4) is 0 Å². The number of benzene rings is 3. The molecule has 0 aliphatic heterocycles. The van der Waals surface area contributed by atoms with E-state index in [2.05, 4.69) is 14.8 Å². The first-order chi connectivity index (χ1) is 9.03. The third kappa shape index (κ3) is 2.57. The van der Waals surface area contributed by atoms with Gasteiger partial charge in [0, 0.05) is 5.39 Å². The average molecular weight is 337 g/mol. The molecule has 0 saturated carbocycles. The molecule has 0 saturated heterocycles. The van der Waals surface area contributed by atoms with Crippen LogP contribution in [0.5, 0.6) is 5.75 Å². The fourth-order valence-corrected chi connectivity index (χ4v) is 2.91. The van der Waals surface area contributed by atoms with Gasteiger partial charge in [0.25, 0.3) is 0 Å². The summed E-state index contributed by atoms with van der Waals surface area (Å²) in [6, 6.07) is 17.2. The molecule has 0 N–H and O–H groups in total. The van der Waals surface area contributed by atoms with Gasteiger partial charge in [0.2, 0.25) is 0 Å². The Morgan fingerprint density at radius 1 is 0.842 bits per heavy atom. The largest absolute Gasteiger partial charge is 0.374 e. The first kappa shape index (κ1) is 12.4. The summed E-state index contributed by atoms with van der Waals surface area (Å²) in [6.07, 6.45) is 0. The zero-order valence-corrected chi connectivity index (χ0v) is 12.1. The van der Waals surface area contributed by atoms with Crippen molar-refractivity contribution in [2.24, 2.45) is 0 Å². The summed E-state index contributed by atoms with van der Waals surface area (Å²) in [5.41, 5.74) is 0. The third-order valence-corrected chi connectivity index (χ3v) is 3.67. The van der Waals surface area contributed by atoms with Crippen LogP contribution in [0, 0.1) is 0 Å². The van der Waals surface area contributed by atoms with Crippen molar-refractivity contribution < 1.29 is 12.6 Å². The van der Waals surface area contributed by atoms with Gasteiger partial charge < -0.3 is 4.18 Å². The maximum absolute atomic E-state index is 11.2. The van der Waals surface area contributed by atoms with E-state index in [4.69, 9.17) is 4.18 Å². The maximum atomic E-state index is 11.2. The van der Waals surface area contributed by atoms with E-state index in [1.165, 1.54) is 0 Å². The van der Waals surface area contributed by atoms with E-state index in [9.17, 15) is 8.42 Å². The topological polar surface area (TPSA) is 43.4 Å². The van der Waals surface area contributed by atoms with Gasteiger partial charge in [-0.3, -0.25) is 0 Å². The summed E-state index contributed by atoms with van der Waals surface area (Å²) in [5.74, 6) is 0.320. The fourth-order valence-electron chi connectivity index (χ4n) is 2.12. The second kappa shape index (κ2) is 4.51. The number of hydrogen-bond acceptors (Lipinski definition) is 3. The van der Waals surface area contributed by atoms with Crippen molar-refractivity contribution in [3.8, 4) is 5.75 Å². The number of halogens is 1. The monoisotopic (exact) mass is 336 g/mol. The smallest absolute Gasteiger partial charge is 0.372 e. The lowest BCUT2D eigenvalue weighted by Crippen LogP contribution is -1.99. The lowest BCUT2D eigenvalue weighted by atomic mass is 10.0. The molecular formula is C14H9BrO3S. The first-order valence-electron chi connectivity index (χ1n) is 5.58. The molecule has 0 radical (unpaired) electrons. The number of fused-ring (bicyclic) bond motifs is 2. The van der Waals surface area contributed by atoms with Crippen LogP contribution < -0.4 is 4.18 Å². The van der Waals surface area contributed by atoms with E-state index in [0.717, 1.165) is 21.5 Å². The minimum Gasteiger partial charge on any atom is -0.374 e. The quantitative estimate of drug-likeness (QED) is 0.524. The van der Waals surface area contributed by atoms with E-state index in [1.807, 2.05) is 42.5 Å². The van der Waals surface area contributed by atoms with Crippen molar-refractivity contribution in [3.05, 3.63) is 54.6 Å². The Bertz CT molecular complexity index is 872. The van der Waals surface area contributed by atoms with E-state index < -0.39 is 8.55 Å². The second-order valence-electron chi connectivity index (χ2n) is 4.15. The average Bonchev–Trinajstić information content (AvgIpc) is 2.35. The zero-order chi connectivity index (χ0) is 13.5. The normalized spacial score (nSPS) is 11.8. The Balaban J connectivity index is 2.32. The van der Waals surface area contributed by atoms with Crippen LogP contribution in [-0.2, 0) is 8.55 Å². The fraction of sp³-hybridized carbons (Fsp3) is 0. The highest BCUT2D eigenvalue weighted by Gasteiger charge is 2.10. The summed E-state index contributed by atoms with van der Waals surface area (Å²) < 4.78 is 27.4. The van der Waals surface area contributed by atoms with Crippen LogP contribution in [0.2, 0.25) is 0 Å². The Morgan fingerprint density at radius 3 is 2.16 bits per heavy atom. The Kier molecular flexibility index (Phi) is 2.95. The lowest BCUT2D eigenvalue weighted by Gasteiger charge is -2.07. The van der Waals surface area contributed by atoms with Crippen molar-refractivity contribution in [1.82, 2.24) is 0 Å². The van der Waals surface area contributed by atoms with Crippen LogP contribution in [0.1, 0.15) is 0 Å². The predicted molar refractivity (Wildman–Crippen MR) is 79.9 cm³/mol. The minimum absolute atomic E-state index is 0.320. The van der Waals surface area contributed by atoms with Crippen molar-refractivity contribution >= 4 is 44.9 Å². The molecule has 0 aliphatic carbocycles. The maximum Gasteiger partial charge on any atom is 0.372 e. The van der Waals surface area contributed by atoms with Gasteiger partial charge in [0.1, 0.15) is 14.8 Å². The van der Waals surface area contributed by atoms with Crippen LogP contribution in [-0.4, -0.2) is 8.42 Å². The molecule has 0 atom stereocenters. The van der Waals surface area contributed by atoms with Crippen molar-refractivity contribution in [2.45, 2.75) is 0 Å². The highest BCUT2D eigenvalue weighted by atomic mass is 79.9. The molecule has 0 spiro atoms. The molecule has 0 unspecified atom stereocenters. The van der Waals surface area contributed by atoms with Gasteiger partial charge in [0.15, 0.2) is 5.75 Å². The molecule has 3 rings (SSSR count). The highest BCUT2D eigenvalue weighted by molar-refractivity contribution is 9.46. The Hall–Kier alpha value is -1.59. The van der Waals surface area contributed by atoms with Crippen molar-refractivity contribution in [3.63, 3.8) is 0 Å². The Labute approximate surface area is 118 Å². The third-order valence-electron chi connectivity index (χ3n) is 2.90. The molecule has 0 bridgehead atoms. The molecule has 0 heterocycles. The molecular weight excluding hydrogens is 328 g/mol. The predicted octanol–water partition coefficient (Wildman–Crippen LogP) is 4.01. The summed E-state index contributed by atoms with van der Waals surface area (Å²) in [6.45, 7) is 0. The summed E-state index contributed by atoms with van der Waals surface area (Å²) in [4.78, 5) is 0. The van der Waals surface area contributed by atoms with E-state index in [1.54, 1.807) is 12.1 Å². The first-order valence-corrected chi connectivity index (χ1v) is 8.84. The number of hydrogen-bond donors (Lipinski definition) is 0. The second-order valence-corrected chi connectivity index (χ2v) is 7.48. The summed E-state index contributed by atoms with van der Waals surface area (Å²) in [5, 5.41) is 3.85. The van der Waals surface area contributed by atoms with Crippen LogP contribution >= 0.6 is 14.8 Å². The molecule has 3 nitrogen and oxygen atoms in total. The minimum atomic E-state index is -3.71. The molecule has 0 fully saturated rings. The van der Waals surface area contributed by atoms with Crippen LogP contribution in [0.4, 0.5) is 0 Å². The van der Waals surface area contributed by atoms with Gasteiger partial charge in [-0.15, -0.1) is 0 Å². The summed E-state index contributed by atoms with van der Waals surface area (Å²) in [7, 11) is -3.71. The van der Waals surface area contributed by atoms with Gasteiger partial charge in [-0.25, -0.2) is 0 Å². The SMILES string of the molecule is O=S(=O)(Br)Oc1cccc2cc3ccccc3cc12. The van der Waals surface area contributed by atoms with Crippen molar-refractivity contribution in [1.29, 1.82) is 0 Å². The molecule has 3 aromatic carbocycles. The zero-order valence-electron chi connectivity index (χ0n) is 9.71.